The number of aromatic nitrogens is 2. The number of benzene rings is 3. The molecule has 1 aliphatic rings. The van der Waals surface area contributed by atoms with Crippen LogP contribution in [-0.2, 0) is 18.6 Å². The van der Waals surface area contributed by atoms with Gasteiger partial charge in [-0.05, 0) is 36.4 Å². The second-order valence-electron chi connectivity index (χ2n) is 9.05. The summed E-state index contributed by atoms with van der Waals surface area (Å²) in [5.74, 6) is -4.88. The fourth-order valence-corrected chi connectivity index (χ4v) is 5.34. The van der Waals surface area contributed by atoms with Gasteiger partial charge < -0.3 is 24.3 Å². The minimum atomic E-state index is -4.54. The highest BCUT2D eigenvalue weighted by molar-refractivity contribution is 7.49. The summed E-state index contributed by atoms with van der Waals surface area (Å²) in [6.07, 6.45) is -5.24. The van der Waals surface area contributed by atoms with E-state index in [0.29, 0.717) is 4.57 Å². The van der Waals surface area contributed by atoms with E-state index in [0.717, 1.165) is 6.20 Å². The monoisotopic (exact) mass is 600 g/mol. The molecule has 0 bridgehead atoms. The summed E-state index contributed by atoms with van der Waals surface area (Å²) in [5, 5.41) is 0. The second-order valence-corrected chi connectivity index (χ2v) is 10.6. The lowest BCUT2D eigenvalue weighted by Crippen LogP contribution is -2.60. The highest BCUT2D eigenvalue weighted by Gasteiger charge is 2.65. The van der Waals surface area contributed by atoms with Gasteiger partial charge in [0.25, 0.3) is 6.23 Å². The van der Waals surface area contributed by atoms with Gasteiger partial charge in [-0.25, -0.2) is 9.36 Å². The largest absolute Gasteiger partial charge is 0.587 e. The van der Waals surface area contributed by atoms with Gasteiger partial charge >= 0.3 is 25.4 Å². The molecule has 1 aromatic heterocycles. The summed E-state index contributed by atoms with van der Waals surface area (Å²) in [4.78, 5) is 27.5. The molecule has 0 aliphatic carbocycles. The van der Waals surface area contributed by atoms with Crippen molar-refractivity contribution in [2.45, 2.75) is 24.4 Å². The first-order valence-corrected chi connectivity index (χ1v) is 14.0. The van der Waals surface area contributed by atoms with Crippen molar-refractivity contribution in [2.75, 3.05) is 12.3 Å². The minimum absolute atomic E-state index is 0.0000955. The fraction of sp³-hybridized carbons (Fsp3) is 0.179. The number of ether oxygens (including phenoxy) is 2. The van der Waals surface area contributed by atoms with Crippen molar-refractivity contribution < 1.29 is 45.8 Å². The van der Waals surface area contributed by atoms with Crippen LogP contribution in [0.3, 0.4) is 0 Å². The molecule has 3 atom stereocenters. The van der Waals surface area contributed by atoms with Crippen LogP contribution in [0.1, 0.15) is 16.6 Å². The molecule has 3 aromatic carbocycles. The van der Waals surface area contributed by atoms with E-state index in [9.17, 15) is 14.2 Å². The maximum atomic E-state index is 15.9. The molecule has 4 aromatic rings. The molecule has 3 unspecified atom stereocenters. The lowest BCUT2D eigenvalue weighted by molar-refractivity contribution is -0.789. The number of nitrogens with one attached hydrogen (secondary N) is 1. The molecule has 11 nitrogen and oxygen atoms in total. The zero-order valence-corrected chi connectivity index (χ0v) is 22.6. The summed E-state index contributed by atoms with van der Waals surface area (Å²) < 4.78 is 73.5. The van der Waals surface area contributed by atoms with Gasteiger partial charge in [0.05, 0.1) is 12.2 Å². The molecular weight excluding hydrogens is 575 g/mol. The topological polar surface area (TPSA) is 143 Å². The Balaban J connectivity index is 1.45. The number of nitrogens with two attached hydrogens (primary N) is 1. The van der Waals surface area contributed by atoms with E-state index in [1.807, 2.05) is 0 Å². The van der Waals surface area contributed by atoms with E-state index in [1.54, 1.807) is 42.5 Å². The van der Waals surface area contributed by atoms with Crippen molar-refractivity contribution in [3.05, 3.63) is 119 Å². The number of aromatic amines is 1. The first-order chi connectivity index (χ1) is 20.1. The van der Waals surface area contributed by atoms with Gasteiger partial charge in [-0.15, -0.1) is 0 Å². The van der Waals surface area contributed by atoms with E-state index < -0.39 is 50.4 Å². The van der Waals surface area contributed by atoms with E-state index in [4.69, 9.17) is 28.8 Å². The van der Waals surface area contributed by atoms with Crippen LogP contribution in [0.15, 0.2) is 108 Å². The third kappa shape index (κ3) is 6.49. The number of hydrogen-bond acceptors (Lipinski definition) is 9. The third-order valence-electron chi connectivity index (χ3n) is 6.06. The SMILES string of the molecule is Nc1cc[n+](C2OC(COP(=O)(Oc3ccccc3)Oc3ccccc3)C(OC(=O)c3ccccc3)C2(F)F)c(=O)[nH]1. The lowest BCUT2D eigenvalue weighted by atomic mass is 10.1. The summed E-state index contributed by atoms with van der Waals surface area (Å²) in [5.41, 5.74) is 4.56. The summed E-state index contributed by atoms with van der Waals surface area (Å²) in [6, 6.07) is 24.5. The lowest BCUT2D eigenvalue weighted by Gasteiger charge is -2.24. The third-order valence-corrected chi connectivity index (χ3v) is 7.40. The normalized spacial score (nSPS) is 19.6. The number of hydrogen-bond donors (Lipinski definition) is 2. The highest BCUT2D eigenvalue weighted by atomic mass is 31.2. The highest BCUT2D eigenvalue weighted by Crippen LogP contribution is 2.51. The number of alkyl halides is 2. The number of para-hydroxylation sites is 2. The van der Waals surface area contributed by atoms with Crippen LogP contribution < -0.4 is 25.0 Å². The van der Waals surface area contributed by atoms with Crippen LogP contribution in [0, 0.1) is 0 Å². The Bertz CT molecular complexity index is 1580. The van der Waals surface area contributed by atoms with E-state index in [1.165, 1.54) is 54.6 Å². The number of phosphoric acid groups is 1. The van der Waals surface area contributed by atoms with Crippen molar-refractivity contribution >= 4 is 19.6 Å². The van der Waals surface area contributed by atoms with Gasteiger partial charge in [0.15, 0.2) is 5.82 Å². The number of carbonyl (C=O) groups is 1. The van der Waals surface area contributed by atoms with Crippen LogP contribution in [0.4, 0.5) is 14.6 Å². The van der Waals surface area contributed by atoms with Crippen molar-refractivity contribution in [3.8, 4) is 11.5 Å². The molecule has 42 heavy (non-hydrogen) atoms. The predicted molar refractivity (Wildman–Crippen MR) is 144 cm³/mol. The van der Waals surface area contributed by atoms with Gasteiger partial charge in [-0.2, -0.15) is 23.1 Å². The fourth-order valence-electron chi connectivity index (χ4n) is 4.11. The summed E-state index contributed by atoms with van der Waals surface area (Å²) in [6.45, 7) is -0.844. The molecule has 5 rings (SSSR count). The smallest absolute Gasteiger partial charge is 0.449 e. The Morgan fingerprint density at radius 1 is 0.929 bits per heavy atom. The van der Waals surface area contributed by atoms with Gasteiger partial charge in [-0.3, -0.25) is 4.52 Å². The summed E-state index contributed by atoms with van der Waals surface area (Å²) >= 11 is 0. The molecule has 1 fully saturated rings. The molecule has 0 amide bonds. The molecule has 0 saturated carbocycles. The molecular formula is C28H25F2N3O8P+. The van der Waals surface area contributed by atoms with Gasteiger partial charge in [-0.1, -0.05) is 54.6 Å². The number of rotatable bonds is 10. The number of nitrogen functional groups attached to an aromatic ring is 1. The molecule has 1 aliphatic heterocycles. The van der Waals surface area contributed by atoms with Gasteiger partial charge in [0.2, 0.25) is 6.10 Å². The number of phosphoric ester groups is 1. The van der Waals surface area contributed by atoms with Crippen LogP contribution in [0.2, 0.25) is 0 Å². The molecule has 3 N–H and O–H groups in total. The van der Waals surface area contributed by atoms with Crippen molar-refractivity contribution in [3.63, 3.8) is 0 Å². The van der Waals surface area contributed by atoms with Crippen LogP contribution in [-0.4, -0.2) is 35.7 Å². The Labute approximate surface area is 238 Å². The average molecular weight is 600 g/mol. The van der Waals surface area contributed by atoms with E-state index >= 15 is 8.78 Å². The molecule has 0 spiro atoms. The molecule has 2 heterocycles. The van der Waals surface area contributed by atoms with Gasteiger partial charge in [0, 0.05) is 6.07 Å². The first kappa shape index (κ1) is 28.9. The minimum Gasteiger partial charge on any atom is -0.449 e. The van der Waals surface area contributed by atoms with E-state index in [-0.39, 0.29) is 22.9 Å². The number of halogens is 2. The molecule has 218 valence electrons. The standard InChI is InChI=1S/C28H24F2N3O8P/c29-28(30)24(39-25(34)19-10-4-1-5-11-19)22(38-26(28)33-17-16-23(31)32-27(33)35)18-37-42(36,40-20-12-6-2-7-13-20)41-21-14-8-3-9-15-21/h1-17,22,24,26H,18H2,(H2,31,32,35)/p+1. The van der Waals surface area contributed by atoms with Crippen LogP contribution >= 0.6 is 7.82 Å². The van der Waals surface area contributed by atoms with Crippen molar-refractivity contribution in [2.24, 2.45) is 0 Å². The number of H-pyrrole nitrogens is 1. The predicted octanol–water partition coefficient (Wildman–Crippen LogP) is 4.29. The quantitative estimate of drug-likeness (QED) is 0.155. The number of nitrogens with zero attached hydrogens (tertiary/aromatic N) is 1. The number of anilines is 1. The molecule has 1 saturated heterocycles. The Hall–Kier alpha value is -4.58. The molecule has 14 heteroatoms. The number of esters is 1. The van der Waals surface area contributed by atoms with Crippen molar-refractivity contribution in [1.29, 1.82) is 0 Å². The molecule has 0 radical (unpaired) electrons. The van der Waals surface area contributed by atoms with Crippen LogP contribution in [0.5, 0.6) is 11.5 Å². The summed E-state index contributed by atoms with van der Waals surface area (Å²) in [7, 11) is -4.54. The zero-order chi connectivity index (χ0) is 29.7. The Kier molecular flexibility index (Phi) is 8.34. The number of carbonyl (C=O) groups excluding carboxylic acids is 1. The van der Waals surface area contributed by atoms with E-state index in [2.05, 4.69) is 4.98 Å². The first-order valence-electron chi connectivity index (χ1n) is 12.6. The Morgan fingerprint density at radius 3 is 2.02 bits per heavy atom. The van der Waals surface area contributed by atoms with Crippen LogP contribution in [0.25, 0.3) is 0 Å². The zero-order valence-electron chi connectivity index (χ0n) is 21.7. The average Bonchev–Trinajstić information content (AvgIpc) is 3.22. The maximum absolute atomic E-state index is 15.9. The maximum Gasteiger partial charge on any atom is 0.587 e. The van der Waals surface area contributed by atoms with Crippen molar-refractivity contribution in [1.82, 2.24) is 4.98 Å². The second kappa shape index (κ2) is 12.1. The van der Waals surface area contributed by atoms with Gasteiger partial charge in [0.1, 0.15) is 23.8 Å². The Morgan fingerprint density at radius 2 is 1.48 bits per heavy atom.